The SMILES string of the molecule is COC(=O)N[C@@H](C(=O)N1CCC[C@H]1c1nc2ccccc2[nH]1)c1ccccc1. The van der Waals surface area contributed by atoms with Crippen LogP contribution in [0.4, 0.5) is 4.79 Å². The summed E-state index contributed by atoms with van der Waals surface area (Å²) in [5, 5.41) is 2.68. The van der Waals surface area contributed by atoms with Gasteiger partial charge in [0.15, 0.2) is 0 Å². The first-order valence-electron chi connectivity index (χ1n) is 9.32. The van der Waals surface area contributed by atoms with Crippen molar-refractivity contribution < 1.29 is 14.3 Å². The molecule has 4 rings (SSSR count). The number of ether oxygens (including phenoxy) is 1. The van der Waals surface area contributed by atoms with Gasteiger partial charge in [0.1, 0.15) is 11.9 Å². The van der Waals surface area contributed by atoms with E-state index in [0.717, 1.165) is 29.7 Å². The molecule has 1 fully saturated rings. The molecule has 144 valence electrons. The lowest BCUT2D eigenvalue weighted by atomic mass is 10.1. The highest BCUT2D eigenvalue weighted by Gasteiger charge is 2.37. The average Bonchev–Trinajstić information content (AvgIpc) is 3.38. The zero-order valence-corrected chi connectivity index (χ0v) is 15.6. The van der Waals surface area contributed by atoms with Gasteiger partial charge in [-0.25, -0.2) is 9.78 Å². The van der Waals surface area contributed by atoms with E-state index in [-0.39, 0.29) is 11.9 Å². The summed E-state index contributed by atoms with van der Waals surface area (Å²) in [5.41, 5.74) is 2.54. The van der Waals surface area contributed by atoms with Crippen molar-refractivity contribution >= 4 is 23.0 Å². The zero-order valence-electron chi connectivity index (χ0n) is 15.6. The Kier molecular flexibility index (Phi) is 4.97. The number of fused-ring (bicyclic) bond motifs is 1. The number of amides is 2. The first kappa shape index (κ1) is 18.0. The molecule has 0 saturated carbocycles. The fourth-order valence-corrected chi connectivity index (χ4v) is 3.72. The van der Waals surface area contributed by atoms with Gasteiger partial charge in [-0.05, 0) is 30.5 Å². The normalized spacial score (nSPS) is 17.5. The van der Waals surface area contributed by atoms with Gasteiger partial charge >= 0.3 is 6.09 Å². The monoisotopic (exact) mass is 378 g/mol. The van der Waals surface area contributed by atoms with Gasteiger partial charge in [-0.1, -0.05) is 42.5 Å². The van der Waals surface area contributed by atoms with Crippen LogP contribution in [-0.4, -0.2) is 40.5 Å². The van der Waals surface area contributed by atoms with Crippen molar-refractivity contribution in [3.05, 3.63) is 66.0 Å². The molecule has 2 N–H and O–H groups in total. The number of carbonyl (C=O) groups excluding carboxylic acids is 2. The largest absolute Gasteiger partial charge is 0.453 e. The Morgan fingerprint density at radius 1 is 1.18 bits per heavy atom. The molecule has 1 saturated heterocycles. The number of aromatic nitrogens is 2. The van der Waals surface area contributed by atoms with Gasteiger partial charge in [0, 0.05) is 6.54 Å². The van der Waals surface area contributed by atoms with E-state index in [4.69, 9.17) is 4.74 Å². The molecular weight excluding hydrogens is 356 g/mol. The minimum atomic E-state index is -0.807. The number of H-pyrrole nitrogens is 1. The van der Waals surface area contributed by atoms with Gasteiger partial charge < -0.3 is 19.9 Å². The number of likely N-dealkylation sites (tertiary alicyclic amines) is 1. The predicted molar refractivity (Wildman–Crippen MR) is 105 cm³/mol. The molecule has 1 aliphatic heterocycles. The molecule has 2 aromatic carbocycles. The molecule has 1 aromatic heterocycles. The standard InChI is InChI=1S/C21H22N4O3/c1-28-21(27)24-18(14-8-3-2-4-9-14)20(26)25-13-7-12-17(25)19-22-15-10-5-6-11-16(15)23-19/h2-6,8-11,17-18H,7,12-13H2,1H3,(H,22,23)(H,24,27)/t17-,18+/m0/s1. The Morgan fingerprint density at radius 3 is 2.68 bits per heavy atom. The molecule has 0 spiro atoms. The van der Waals surface area contributed by atoms with E-state index in [2.05, 4.69) is 15.3 Å². The van der Waals surface area contributed by atoms with Gasteiger partial charge in [-0.2, -0.15) is 0 Å². The fraction of sp³-hybridized carbons (Fsp3) is 0.286. The number of imidazole rings is 1. The van der Waals surface area contributed by atoms with Crippen LogP contribution in [0.15, 0.2) is 54.6 Å². The van der Waals surface area contributed by atoms with Crippen molar-refractivity contribution in [2.45, 2.75) is 24.9 Å². The van der Waals surface area contributed by atoms with E-state index in [0.29, 0.717) is 12.1 Å². The Morgan fingerprint density at radius 2 is 1.93 bits per heavy atom. The van der Waals surface area contributed by atoms with Crippen LogP contribution in [0, 0.1) is 0 Å². The zero-order chi connectivity index (χ0) is 19.5. The van der Waals surface area contributed by atoms with Crippen LogP contribution in [0.5, 0.6) is 0 Å². The Hall–Kier alpha value is -3.35. The number of para-hydroxylation sites is 2. The molecule has 7 nitrogen and oxygen atoms in total. The van der Waals surface area contributed by atoms with Crippen molar-refractivity contribution in [3.8, 4) is 0 Å². The highest BCUT2D eigenvalue weighted by atomic mass is 16.5. The van der Waals surface area contributed by atoms with Crippen LogP contribution in [-0.2, 0) is 9.53 Å². The highest BCUT2D eigenvalue weighted by molar-refractivity contribution is 5.87. The minimum absolute atomic E-state index is 0.148. The second kappa shape index (κ2) is 7.72. The van der Waals surface area contributed by atoms with Crippen LogP contribution in [0.25, 0.3) is 11.0 Å². The van der Waals surface area contributed by atoms with Crippen LogP contribution in [0.1, 0.15) is 36.3 Å². The molecule has 2 heterocycles. The molecule has 0 radical (unpaired) electrons. The fourth-order valence-electron chi connectivity index (χ4n) is 3.72. The quantitative estimate of drug-likeness (QED) is 0.729. The van der Waals surface area contributed by atoms with Crippen LogP contribution in [0.3, 0.4) is 0 Å². The van der Waals surface area contributed by atoms with E-state index >= 15 is 0 Å². The third kappa shape index (κ3) is 3.43. The van der Waals surface area contributed by atoms with Crippen molar-refractivity contribution in [1.82, 2.24) is 20.2 Å². The highest BCUT2D eigenvalue weighted by Crippen LogP contribution is 2.33. The number of hydrogen-bond acceptors (Lipinski definition) is 4. The molecule has 0 aliphatic carbocycles. The lowest BCUT2D eigenvalue weighted by Crippen LogP contribution is -2.42. The lowest BCUT2D eigenvalue weighted by Gasteiger charge is -2.28. The molecule has 28 heavy (non-hydrogen) atoms. The number of benzene rings is 2. The number of methoxy groups -OCH3 is 1. The van der Waals surface area contributed by atoms with Crippen LogP contribution >= 0.6 is 0 Å². The molecule has 2 atom stereocenters. The molecule has 2 amide bonds. The number of nitrogens with zero attached hydrogens (tertiary/aromatic N) is 2. The summed E-state index contributed by atoms with van der Waals surface area (Å²) in [6, 6.07) is 16.1. The third-order valence-electron chi connectivity index (χ3n) is 5.09. The minimum Gasteiger partial charge on any atom is -0.453 e. The van der Waals surface area contributed by atoms with Crippen molar-refractivity contribution in [1.29, 1.82) is 0 Å². The summed E-state index contributed by atoms with van der Waals surface area (Å²) in [5.74, 6) is 0.608. The first-order chi connectivity index (χ1) is 13.7. The molecule has 3 aromatic rings. The average molecular weight is 378 g/mol. The van der Waals surface area contributed by atoms with Gasteiger partial charge in [0.25, 0.3) is 5.91 Å². The predicted octanol–water partition coefficient (Wildman–Crippen LogP) is 3.32. The smallest absolute Gasteiger partial charge is 0.407 e. The van der Waals surface area contributed by atoms with Crippen LogP contribution in [0.2, 0.25) is 0 Å². The van der Waals surface area contributed by atoms with E-state index < -0.39 is 12.1 Å². The Bertz CT molecular complexity index is 952. The second-order valence-corrected chi connectivity index (χ2v) is 6.81. The summed E-state index contributed by atoms with van der Waals surface area (Å²) in [6.45, 7) is 0.618. The summed E-state index contributed by atoms with van der Waals surface area (Å²) in [4.78, 5) is 35.1. The number of nitrogens with one attached hydrogen (secondary N) is 2. The molecule has 7 heteroatoms. The molecule has 0 unspecified atom stereocenters. The number of aromatic amines is 1. The van der Waals surface area contributed by atoms with E-state index in [1.165, 1.54) is 7.11 Å². The summed E-state index contributed by atoms with van der Waals surface area (Å²) >= 11 is 0. The van der Waals surface area contributed by atoms with Gasteiger partial charge in [0.2, 0.25) is 0 Å². The van der Waals surface area contributed by atoms with Crippen molar-refractivity contribution in [3.63, 3.8) is 0 Å². The van der Waals surface area contributed by atoms with Crippen molar-refractivity contribution in [2.24, 2.45) is 0 Å². The van der Waals surface area contributed by atoms with Gasteiger partial charge in [-0.3, -0.25) is 4.79 Å². The maximum absolute atomic E-state index is 13.4. The summed E-state index contributed by atoms with van der Waals surface area (Å²) < 4.78 is 4.73. The number of hydrogen-bond donors (Lipinski definition) is 2. The van der Waals surface area contributed by atoms with Gasteiger partial charge in [0.05, 0.1) is 24.2 Å². The number of alkyl carbamates (subject to hydrolysis) is 1. The van der Waals surface area contributed by atoms with E-state index in [1.807, 2.05) is 54.6 Å². The van der Waals surface area contributed by atoms with E-state index in [1.54, 1.807) is 4.90 Å². The second-order valence-electron chi connectivity index (χ2n) is 6.81. The molecular formula is C21H22N4O3. The maximum atomic E-state index is 13.4. The Labute approximate surface area is 162 Å². The van der Waals surface area contributed by atoms with E-state index in [9.17, 15) is 9.59 Å². The topological polar surface area (TPSA) is 87.3 Å². The summed E-state index contributed by atoms with van der Waals surface area (Å²) in [7, 11) is 1.29. The lowest BCUT2D eigenvalue weighted by molar-refractivity contribution is -0.134. The van der Waals surface area contributed by atoms with Crippen molar-refractivity contribution in [2.75, 3.05) is 13.7 Å². The Balaban J connectivity index is 1.64. The van der Waals surface area contributed by atoms with Gasteiger partial charge in [-0.15, -0.1) is 0 Å². The molecule has 0 bridgehead atoms. The maximum Gasteiger partial charge on any atom is 0.407 e. The first-order valence-corrected chi connectivity index (χ1v) is 9.32. The molecule has 1 aliphatic rings. The number of carbonyl (C=O) groups is 2. The van der Waals surface area contributed by atoms with Crippen LogP contribution < -0.4 is 5.32 Å². The number of rotatable bonds is 4. The third-order valence-corrected chi connectivity index (χ3v) is 5.09. The summed E-state index contributed by atoms with van der Waals surface area (Å²) in [6.07, 6.45) is 1.07.